The van der Waals surface area contributed by atoms with Crippen LogP contribution in [0.1, 0.15) is 28.7 Å². The molecule has 100 valence electrons. The van der Waals surface area contributed by atoms with E-state index in [2.05, 4.69) is 5.10 Å². The Bertz CT molecular complexity index is 560. The fourth-order valence-electron chi connectivity index (χ4n) is 2.06. The van der Waals surface area contributed by atoms with Crippen LogP contribution in [0.2, 0.25) is 0 Å². The number of rotatable bonds is 4. The zero-order valence-corrected chi connectivity index (χ0v) is 11.6. The van der Waals surface area contributed by atoms with Gasteiger partial charge in [-0.15, -0.1) is 0 Å². The minimum Gasteiger partial charge on any atom is -0.336 e. The van der Waals surface area contributed by atoms with E-state index in [0.29, 0.717) is 12.2 Å². The summed E-state index contributed by atoms with van der Waals surface area (Å²) < 4.78 is 1.84. The third-order valence-corrected chi connectivity index (χ3v) is 3.11. The molecule has 0 aliphatic carbocycles. The summed E-state index contributed by atoms with van der Waals surface area (Å²) >= 11 is 0. The molecule has 2 rings (SSSR count). The molecule has 0 fully saturated rings. The summed E-state index contributed by atoms with van der Waals surface area (Å²) in [7, 11) is 1.80. The van der Waals surface area contributed by atoms with Crippen molar-refractivity contribution in [2.24, 2.45) is 0 Å². The highest BCUT2D eigenvalue weighted by atomic mass is 16.2. The highest BCUT2D eigenvalue weighted by Crippen LogP contribution is 2.09. The van der Waals surface area contributed by atoms with E-state index >= 15 is 0 Å². The molecule has 1 aromatic heterocycles. The fourth-order valence-corrected chi connectivity index (χ4v) is 2.06. The van der Waals surface area contributed by atoms with Crippen LogP contribution in [0.3, 0.4) is 0 Å². The van der Waals surface area contributed by atoms with Gasteiger partial charge in [0.15, 0.2) is 5.69 Å². The molecular formula is C15H19N3O. The van der Waals surface area contributed by atoms with Gasteiger partial charge >= 0.3 is 0 Å². The summed E-state index contributed by atoms with van der Waals surface area (Å²) in [6.45, 7) is 5.35. The first-order chi connectivity index (χ1) is 9.11. The molecule has 19 heavy (non-hydrogen) atoms. The van der Waals surface area contributed by atoms with E-state index in [1.807, 2.05) is 54.9 Å². The maximum atomic E-state index is 12.3. The summed E-state index contributed by atoms with van der Waals surface area (Å²) in [5.41, 5.74) is 2.64. The minimum atomic E-state index is -0.0425. The lowest BCUT2D eigenvalue weighted by Gasteiger charge is -2.15. The molecule has 1 amide bonds. The number of aromatic nitrogens is 2. The third-order valence-electron chi connectivity index (χ3n) is 3.11. The van der Waals surface area contributed by atoms with Crippen molar-refractivity contribution in [1.29, 1.82) is 0 Å². The van der Waals surface area contributed by atoms with Crippen molar-refractivity contribution in [2.45, 2.75) is 26.9 Å². The molecule has 4 nitrogen and oxygen atoms in total. The summed E-state index contributed by atoms with van der Waals surface area (Å²) in [6, 6.07) is 11.8. The summed E-state index contributed by atoms with van der Waals surface area (Å²) in [6.07, 6.45) is 0. The second-order valence-corrected chi connectivity index (χ2v) is 4.63. The minimum absolute atomic E-state index is 0.0425. The van der Waals surface area contributed by atoms with Crippen LogP contribution in [0, 0.1) is 6.92 Å². The maximum Gasteiger partial charge on any atom is 0.274 e. The van der Waals surface area contributed by atoms with Crippen molar-refractivity contribution in [2.75, 3.05) is 7.05 Å². The Morgan fingerprint density at radius 1 is 1.32 bits per heavy atom. The molecule has 0 unspecified atom stereocenters. The summed E-state index contributed by atoms with van der Waals surface area (Å²) in [5, 5.41) is 4.32. The van der Waals surface area contributed by atoms with Crippen LogP contribution in [-0.4, -0.2) is 27.6 Å². The van der Waals surface area contributed by atoms with Crippen molar-refractivity contribution in [3.05, 3.63) is 53.3 Å². The number of hydrogen-bond acceptors (Lipinski definition) is 2. The fraction of sp³-hybridized carbons (Fsp3) is 0.333. The monoisotopic (exact) mass is 257 g/mol. The average Bonchev–Trinajstić information content (AvgIpc) is 2.80. The van der Waals surface area contributed by atoms with Crippen LogP contribution < -0.4 is 0 Å². The zero-order valence-electron chi connectivity index (χ0n) is 11.6. The SMILES string of the molecule is CCn1nc(C(=O)N(C)Cc2ccccc2)cc1C. The van der Waals surface area contributed by atoms with E-state index in [0.717, 1.165) is 17.8 Å². The Hall–Kier alpha value is -2.10. The van der Waals surface area contributed by atoms with Crippen molar-refractivity contribution in [3.63, 3.8) is 0 Å². The first kappa shape index (κ1) is 13.3. The molecule has 2 aromatic rings. The Morgan fingerprint density at radius 3 is 2.58 bits per heavy atom. The predicted molar refractivity (Wildman–Crippen MR) is 74.9 cm³/mol. The Balaban J connectivity index is 2.10. The van der Waals surface area contributed by atoms with E-state index < -0.39 is 0 Å². The second kappa shape index (κ2) is 5.69. The van der Waals surface area contributed by atoms with Gasteiger partial charge in [-0.25, -0.2) is 0 Å². The lowest BCUT2D eigenvalue weighted by atomic mass is 10.2. The first-order valence-electron chi connectivity index (χ1n) is 6.45. The molecule has 1 aromatic carbocycles. The third kappa shape index (κ3) is 3.02. The highest BCUT2D eigenvalue weighted by molar-refractivity contribution is 5.92. The lowest BCUT2D eigenvalue weighted by Crippen LogP contribution is -2.26. The van der Waals surface area contributed by atoms with E-state index in [9.17, 15) is 4.79 Å². The van der Waals surface area contributed by atoms with Crippen molar-refractivity contribution >= 4 is 5.91 Å². The van der Waals surface area contributed by atoms with Gasteiger partial charge in [-0.3, -0.25) is 9.48 Å². The number of hydrogen-bond donors (Lipinski definition) is 0. The summed E-state index contributed by atoms with van der Waals surface area (Å²) in [5.74, 6) is -0.0425. The van der Waals surface area contributed by atoms with Crippen LogP contribution in [0.25, 0.3) is 0 Å². The average molecular weight is 257 g/mol. The molecule has 0 atom stereocenters. The largest absolute Gasteiger partial charge is 0.336 e. The molecule has 0 radical (unpaired) electrons. The molecule has 4 heteroatoms. The lowest BCUT2D eigenvalue weighted by molar-refractivity contribution is 0.0778. The maximum absolute atomic E-state index is 12.3. The molecule has 1 heterocycles. The number of carbonyl (C=O) groups excluding carboxylic acids is 1. The van der Waals surface area contributed by atoms with Gasteiger partial charge in [0, 0.05) is 25.8 Å². The van der Waals surface area contributed by atoms with Gasteiger partial charge in [0.25, 0.3) is 5.91 Å². The van der Waals surface area contributed by atoms with Crippen molar-refractivity contribution in [1.82, 2.24) is 14.7 Å². The van der Waals surface area contributed by atoms with E-state index in [1.165, 1.54) is 0 Å². The standard InChI is InChI=1S/C15H19N3O/c1-4-18-12(2)10-14(16-18)15(19)17(3)11-13-8-6-5-7-9-13/h5-10H,4,11H2,1-3H3. The van der Waals surface area contributed by atoms with Crippen LogP contribution in [0.5, 0.6) is 0 Å². The Morgan fingerprint density at radius 2 is 2.00 bits per heavy atom. The quantitative estimate of drug-likeness (QED) is 0.844. The summed E-state index contributed by atoms with van der Waals surface area (Å²) in [4.78, 5) is 14.0. The first-order valence-corrected chi connectivity index (χ1v) is 6.45. The molecule has 0 saturated carbocycles. The van der Waals surface area contributed by atoms with E-state index in [-0.39, 0.29) is 5.91 Å². The van der Waals surface area contributed by atoms with E-state index in [1.54, 1.807) is 11.9 Å². The number of carbonyl (C=O) groups is 1. The predicted octanol–water partition coefficient (Wildman–Crippen LogP) is 2.48. The van der Waals surface area contributed by atoms with Gasteiger partial charge in [-0.05, 0) is 25.5 Å². The number of aryl methyl sites for hydroxylation is 2. The highest BCUT2D eigenvalue weighted by Gasteiger charge is 2.16. The van der Waals surface area contributed by atoms with Gasteiger partial charge in [0.1, 0.15) is 0 Å². The number of benzene rings is 1. The second-order valence-electron chi connectivity index (χ2n) is 4.63. The van der Waals surface area contributed by atoms with E-state index in [4.69, 9.17) is 0 Å². The van der Waals surface area contributed by atoms with Gasteiger partial charge in [0.2, 0.25) is 0 Å². The normalized spacial score (nSPS) is 10.5. The van der Waals surface area contributed by atoms with Gasteiger partial charge in [0.05, 0.1) is 0 Å². The number of amides is 1. The zero-order chi connectivity index (χ0) is 13.8. The van der Waals surface area contributed by atoms with Crippen LogP contribution in [0.15, 0.2) is 36.4 Å². The van der Waals surface area contributed by atoms with Crippen LogP contribution >= 0.6 is 0 Å². The van der Waals surface area contributed by atoms with Crippen LogP contribution in [-0.2, 0) is 13.1 Å². The molecule has 0 aliphatic heterocycles. The molecule has 0 spiro atoms. The molecule has 0 N–H and O–H groups in total. The topological polar surface area (TPSA) is 38.1 Å². The molecular weight excluding hydrogens is 238 g/mol. The van der Waals surface area contributed by atoms with Crippen molar-refractivity contribution < 1.29 is 4.79 Å². The Kier molecular flexibility index (Phi) is 4.00. The Labute approximate surface area is 113 Å². The van der Waals surface area contributed by atoms with Crippen molar-refractivity contribution in [3.8, 4) is 0 Å². The van der Waals surface area contributed by atoms with Gasteiger partial charge < -0.3 is 4.90 Å². The van der Waals surface area contributed by atoms with Gasteiger partial charge in [-0.1, -0.05) is 30.3 Å². The number of nitrogens with zero attached hydrogens (tertiary/aromatic N) is 3. The molecule has 0 saturated heterocycles. The molecule has 0 bridgehead atoms. The molecule has 0 aliphatic rings. The van der Waals surface area contributed by atoms with Gasteiger partial charge in [-0.2, -0.15) is 5.10 Å². The van der Waals surface area contributed by atoms with Crippen LogP contribution in [0.4, 0.5) is 0 Å². The smallest absolute Gasteiger partial charge is 0.274 e.